The van der Waals surface area contributed by atoms with Crippen LogP contribution in [-0.4, -0.2) is 17.0 Å². The summed E-state index contributed by atoms with van der Waals surface area (Å²) in [6.45, 7) is 7.57. The van der Waals surface area contributed by atoms with Crippen molar-refractivity contribution in [3.63, 3.8) is 0 Å². The molecule has 172 valence electrons. The van der Waals surface area contributed by atoms with E-state index in [1.54, 1.807) is 24.3 Å². The molecule has 0 aliphatic carbocycles. The fourth-order valence-corrected chi connectivity index (χ4v) is 7.73. The Morgan fingerprint density at radius 1 is 0.727 bits per heavy atom. The van der Waals surface area contributed by atoms with Crippen LogP contribution in [0, 0.1) is 0 Å². The Bertz CT molecular complexity index is 1150. The van der Waals surface area contributed by atoms with Gasteiger partial charge in [-0.25, -0.2) is 0 Å². The van der Waals surface area contributed by atoms with E-state index in [1.165, 1.54) is 0 Å². The van der Waals surface area contributed by atoms with Crippen LogP contribution in [-0.2, 0) is 13.6 Å². The Labute approximate surface area is 193 Å². The molecule has 1 spiro atoms. The van der Waals surface area contributed by atoms with Crippen LogP contribution in [0.1, 0.15) is 49.7 Å². The molecule has 3 aromatic rings. The van der Waals surface area contributed by atoms with Gasteiger partial charge in [0.05, 0.1) is 0 Å². The topological polar surface area (TPSA) is 63.2 Å². The zero-order valence-electron chi connectivity index (χ0n) is 19.1. The summed E-state index contributed by atoms with van der Waals surface area (Å²) in [5.74, 6) is 0.643. The van der Waals surface area contributed by atoms with Crippen LogP contribution >= 0.6 is 7.74 Å². The Morgan fingerprint density at radius 2 is 1.18 bits per heavy atom. The van der Waals surface area contributed by atoms with Gasteiger partial charge in [0, 0.05) is 0 Å². The molecule has 1 saturated heterocycles. The van der Waals surface area contributed by atoms with Crippen LogP contribution in [0.25, 0.3) is 0 Å². The number of hydrogen-bond donors (Lipinski definition) is 0. The summed E-state index contributed by atoms with van der Waals surface area (Å²) in [6.07, 6.45) is -1.08. The summed E-state index contributed by atoms with van der Waals surface area (Å²) in [7, 11) is -4.77. The molecule has 2 aliphatic heterocycles. The predicted molar refractivity (Wildman–Crippen MR) is 126 cm³/mol. The van der Waals surface area contributed by atoms with Crippen LogP contribution in [0.3, 0.4) is 0 Å². The van der Waals surface area contributed by atoms with Crippen molar-refractivity contribution in [2.45, 2.75) is 45.0 Å². The maximum absolute atomic E-state index is 13.7. The van der Waals surface area contributed by atoms with Gasteiger partial charge < -0.3 is 0 Å². The first-order valence-electron chi connectivity index (χ1n) is 10.9. The first kappa shape index (κ1) is 22.1. The van der Waals surface area contributed by atoms with Gasteiger partial charge in [0.25, 0.3) is 0 Å². The van der Waals surface area contributed by atoms with Gasteiger partial charge in [-0.15, -0.1) is 0 Å². The third-order valence-electron chi connectivity index (χ3n) is 6.22. The summed E-state index contributed by atoms with van der Waals surface area (Å²) in [5, 5.41) is 0. The fraction of sp³-hybridized carbons (Fsp3) is 0.269. The molecule has 5 rings (SSSR count). The molecule has 0 radical (unpaired) electrons. The molecule has 0 saturated carbocycles. The Balaban J connectivity index is 1.65. The third kappa shape index (κ3) is 3.64. The van der Waals surface area contributed by atoms with Crippen LogP contribution in [0.5, 0.6) is 11.5 Å². The minimum absolute atomic E-state index is 0.251. The Hall–Kier alpha value is -2.76. The SMILES string of the molecule is CC1(C)OP2(OC(C(=O)c3ccccc3)c3ccccc3)(Oc3ccccc3O2)OC1(C)C. The summed E-state index contributed by atoms with van der Waals surface area (Å²) in [4.78, 5) is 13.7. The van der Waals surface area contributed by atoms with E-state index in [-0.39, 0.29) is 5.78 Å². The molecule has 1 fully saturated rings. The average molecular weight is 466 g/mol. The van der Waals surface area contributed by atoms with Gasteiger partial charge in [-0.05, 0) is 0 Å². The second-order valence-corrected chi connectivity index (χ2v) is 11.6. The minimum atomic E-state index is -4.77. The van der Waals surface area contributed by atoms with E-state index in [4.69, 9.17) is 22.6 Å². The molecule has 0 amide bonds. The fourth-order valence-electron chi connectivity index (χ4n) is 3.90. The number of para-hydroxylation sites is 2. The van der Waals surface area contributed by atoms with E-state index >= 15 is 0 Å². The number of ketones is 1. The van der Waals surface area contributed by atoms with E-state index in [2.05, 4.69) is 0 Å². The molecule has 0 bridgehead atoms. The predicted octanol–water partition coefficient (Wildman–Crippen LogP) is 6.83. The van der Waals surface area contributed by atoms with Crippen molar-refractivity contribution in [3.8, 4) is 11.5 Å². The normalized spacial score (nSPS) is 22.8. The van der Waals surface area contributed by atoms with E-state index < -0.39 is 25.0 Å². The molecule has 1 atom stereocenters. The first-order chi connectivity index (χ1) is 15.6. The van der Waals surface area contributed by atoms with Gasteiger partial charge in [-0.1, -0.05) is 0 Å². The number of hydrogen-bond acceptors (Lipinski definition) is 6. The summed E-state index contributed by atoms with van der Waals surface area (Å²) in [5.41, 5.74) is -0.519. The number of Topliss-reactive ketones (excluding diaryl/α,β-unsaturated/α-hetero) is 1. The second-order valence-electron chi connectivity index (χ2n) is 9.20. The number of carbonyl (C=O) groups is 1. The molecule has 6 nitrogen and oxygen atoms in total. The molecule has 0 aromatic heterocycles. The molecule has 0 N–H and O–H groups in total. The Kier molecular flexibility index (Phi) is 4.93. The first-order valence-corrected chi connectivity index (χ1v) is 12.7. The van der Waals surface area contributed by atoms with E-state index in [1.807, 2.05) is 88.4 Å². The van der Waals surface area contributed by atoms with Gasteiger partial charge in [-0.2, -0.15) is 0 Å². The Morgan fingerprint density at radius 3 is 1.70 bits per heavy atom. The zero-order valence-corrected chi connectivity index (χ0v) is 20.0. The van der Waals surface area contributed by atoms with Crippen molar-refractivity contribution < 1.29 is 27.4 Å². The second kappa shape index (κ2) is 7.37. The average Bonchev–Trinajstić information content (AvgIpc) is 3.18. The third-order valence-corrected chi connectivity index (χ3v) is 9.28. The molecular formula is C26H27O6P. The zero-order chi connectivity index (χ0) is 23.3. The van der Waals surface area contributed by atoms with Crippen LogP contribution in [0.2, 0.25) is 0 Å². The van der Waals surface area contributed by atoms with E-state index in [9.17, 15) is 4.79 Å². The van der Waals surface area contributed by atoms with Crippen molar-refractivity contribution in [3.05, 3.63) is 96.1 Å². The van der Waals surface area contributed by atoms with Crippen LogP contribution < -0.4 is 9.05 Å². The molecule has 2 heterocycles. The maximum atomic E-state index is 13.7. The number of carbonyl (C=O) groups excluding carboxylic acids is 1. The molecule has 3 aromatic carbocycles. The summed E-state index contributed by atoms with van der Waals surface area (Å²) in [6, 6.07) is 25.4. The van der Waals surface area contributed by atoms with Crippen LogP contribution in [0.15, 0.2) is 84.9 Å². The van der Waals surface area contributed by atoms with Crippen LogP contribution in [0.4, 0.5) is 0 Å². The van der Waals surface area contributed by atoms with E-state index in [0.29, 0.717) is 22.6 Å². The van der Waals surface area contributed by atoms with Gasteiger partial charge in [0.15, 0.2) is 0 Å². The molecule has 7 heteroatoms. The molecular weight excluding hydrogens is 439 g/mol. The van der Waals surface area contributed by atoms with Crippen molar-refractivity contribution in [1.82, 2.24) is 0 Å². The molecule has 2 aliphatic rings. The monoisotopic (exact) mass is 466 g/mol. The quantitative estimate of drug-likeness (QED) is 0.303. The van der Waals surface area contributed by atoms with Gasteiger partial charge in [0.2, 0.25) is 0 Å². The van der Waals surface area contributed by atoms with Gasteiger partial charge >= 0.3 is 193 Å². The van der Waals surface area contributed by atoms with Crippen molar-refractivity contribution >= 4 is 13.5 Å². The number of fused-ring (bicyclic) bond motifs is 1. The molecule has 33 heavy (non-hydrogen) atoms. The van der Waals surface area contributed by atoms with E-state index in [0.717, 1.165) is 0 Å². The summed E-state index contributed by atoms with van der Waals surface area (Å²) < 4.78 is 32.3. The van der Waals surface area contributed by atoms with Crippen molar-refractivity contribution in [1.29, 1.82) is 0 Å². The standard InChI is InChI=1S/C26H27O6P/c1-25(2)26(3,4)32-33(31-25,28-21-17-11-12-18-22(21)29-33)30-24(20-15-9-6-10-16-20)23(27)19-13-7-5-8-14-19/h5-18,24H,1-4H3. The number of benzene rings is 3. The van der Waals surface area contributed by atoms with Crippen molar-refractivity contribution in [2.75, 3.05) is 0 Å². The van der Waals surface area contributed by atoms with Crippen molar-refractivity contribution in [2.24, 2.45) is 0 Å². The molecule has 1 unspecified atom stereocenters. The van der Waals surface area contributed by atoms with Gasteiger partial charge in [0.1, 0.15) is 0 Å². The summed E-state index contributed by atoms with van der Waals surface area (Å²) >= 11 is 0. The van der Waals surface area contributed by atoms with Gasteiger partial charge in [-0.3, -0.25) is 0 Å². The number of rotatable bonds is 5.